The highest BCUT2D eigenvalue weighted by Crippen LogP contribution is 2.20. The van der Waals surface area contributed by atoms with E-state index in [0.717, 1.165) is 50.7 Å². The number of aryl methyl sites for hydroxylation is 1. The summed E-state index contributed by atoms with van der Waals surface area (Å²) in [4.78, 5) is 19.2. The zero-order valence-electron chi connectivity index (χ0n) is 14.3. The fourth-order valence-corrected chi connectivity index (χ4v) is 4.08. The van der Waals surface area contributed by atoms with Crippen molar-refractivity contribution in [2.24, 2.45) is 0 Å². The van der Waals surface area contributed by atoms with E-state index in [-0.39, 0.29) is 5.56 Å². The highest BCUT2D eigenvalue weighted by Gasteiger charge is 2.23. The number of hydrogen-bond donors (Lipinski definition) is 0. The molecule has 0 spiro atoms. The molecule has 6 heteroatoms. The zero-order valence-corrected chi connectivity index (χ0v) is 15.1. The molecule has 0 saturated carbocycles. The molecule has 1 aliphatic rings. The van der Waals surface area contributed by atoms with Crippen LogP contribution in [0.15, 0.2) is 30.3 Å². The van der Waals surface area contributed by atoms with Crippen LogP contribution >= 0.6 is 11.3 Å². The van der Waals surface area contributed by atoms with Gasteiger partial charge < -0.3 is 4.90 Å². The number of halogens is 2. The first-order valence-electron chi connectivity index (χ1n) is 8.61. The van der Waals surface area contributed by atoms with Gasteiger partial charge in [-0.2, -0.15) is 0 Å². The van der Waals surface area contributed by atoms with Gasteiger partial charge in [0.25, 0.3) is 5.91 Å². The molecule has 0 N–H and O–H groups in total. The van der Waals surface area contributed by atoms with Crippen molar-refractivity contribution in [3.8, 4) is 0 Å². The van der Waals surface area contributed by atoms with Crippen molar-refractivity contribution in [1.82, 2.24) is 9.80 Å². The number of nitrogens with zero attached hydrogens (tertiary/aromatic N) is 2. The lowest BCUT2D eigenvalue weighted by molar-refractivity contribution is 0.0756. The lowest BCUT2D eigenvalue weighted by Gasteiger charge is -2.22. The lowest BCUT2D eigenvalue weighted by Crippen LogP contribution is -2.35. The summed E-state index contributed by atoms with van der Waals surface area (Å²) in [7, 11) is 0. The van der Waals surface area contributed by atoms with Gasteiger partial charge in [-0.3, -0.25) is 9.69 Å². The molecule has 1 aliphatic heterocycles. The van der Waals surface area contributed by atoms with Crippen LogP contribution in [0.3, 0.4) is 0 Å². The second-order valence-corrected chi connectivity index (χ2v) is 7.52. The molecular weight excluding hydrogens is 342 g/mol. The molecule has 1 saturated heterocycles. The minimum Gasteiger partial charge on any atom is -0.337 e. The minimum absolute atomic E-state index is 0.181. The fourth-order valence-electron chi connectivity index (χ4n) is 3.08. The first kappa shape index (κ1) is 18.0. The molecule has 25 heavy (non-hydrogen) atoms. The Morgan fingerprint density at radius 1 is 1.08 bits per heavy atom. The van der Waals surface area contributed by atoms with Crippen molar-refractivity contribution in [3.63, 3.8) is 0 Å². The molecular formula is C19H22F2N2OS. The predicted octanol–water partition coefficient (Wildman–Crippen LogP) is 3.94. The Morgan fingerprint density at radius 2 is 1.88 bits per heavy atom. The minimum atomic E-state index is -0.668. The van der Waals surface area contributed by atoms with E-state index in [1.807, 2.05) is 11.3 Å². The third-order valence-electron chi connectivity index (χ3n) is 4.48. The molecule has 3 nitrogen and oxygen atoms in total. The summed E-state index contributed by atoms with van der Waals surface area (Å²) in [6.07, 6.45) is 1.88. The third kappa shape index (κ3) is 4.44. The second-order valence-electron chi connectivity index (χ2n) is 6.27. The molecule has 2 heterocycles. The van der Waals surface area contributed by atoms with E-state index in [4.69, 9.17) is 0 Å². The van der Waals surface area contributed by atoms with Gasteiger partial charge >= 0.3 is 0 Å². The summed E-state index contributed by atoms with van der Waals surface area (Å²) in [6, 6.07) is 7.36. The zero-order chi connectivity index (χ0) is 17.8. The summed E-state index contributed by atoms with van der Waals surface area (Å²) in [6.45, 7) is 5.76. The molecule has 1 amide bonds. The smallest absolute Gasteiger partial charge is 0.256 e. The van der Waals surface area contributed by atoms with E-state index in [2.05, 4.69) is 24.0 Å². The molecule has 0 atom stereocenters. The van der Waals surface area contributed by atoms with Crippen molar-refractivity contribution in [2.75, 3.05) is 26.2 Å². The van der Waals surface area contributed by atoms with Gasteiger partial charge in [-0.15, -0.1) is 11.3 Å². The monoisotopic (exact) mass is 364 g/mol. The van der Waals surface area contributed by atoms with Crippen LogP contribution in [-0.2, 0) is 13.0 Å². The van der Waals surface area contributed by atoms with Crippen LogP contribution in [0.25, 0.3) is 0 Å². The van der Waals surface area contributed by atoms with Gasteiger partial charge in [0, 0.05) is 42.5 Å². The van der Waals surface area contributed by atoms with E-state index in [1.54, 1.807) is 4.90 Å². The highest BCUT2D eigenvalue weighted by molar-refractivity contribution is 7.11. The van der Waals surface area contributed by atoms with Gasteiger partial charge in [0.1, 0.15) is 11.6 Å². The van der Waals surface area contributed by atoms with Gasteiger partial charge in [0.05, 0.1) is 5.56 Å². The van der Waals surface area contributed by atoms with E-state index in [0.29, 0.717) is 13.1 Å². The Morgan fingerprint density at radius 3 is 2.64 bits per heavy atom. The SMILES string of the molecule is CCc1ccc(CN2CCCN(C(=O)c3cc(F)ccc3F)CC2)s1. The van der Waals surface area contributed by atoms with Gasteiger partial charge in [-0.25, -0.2) is 8.78 Å². The van der Waals surface area contributed by atoms with Gasteiger partial charge in [-0.1, -0.05) is 6.92 Å². The molecule has 3 rings (SSSR count). The first-order valence-corrected chi connectivity index (χ1v) is 9.42. The van der Waals surface area contributed by atoms with Crippen LogP contribution in [0.4, 0.5) is 8.78 Å². The van der Waals surface area contributed by atoms with Crippen molar-refractivity contribution in [2.45, 2.75) is 26.3 Å². The van der Waals surface area contributed by atoms with Crippen molar-refractivity contribution < 1.29 is 13.6 Å². The number of rotatable bonds is 4. The summed E-state index contributed by atoms with van der Waals surface area (Å²) in [5.41, 5.74) is -0.181. The molecule has 134 valence electrons. The predicted molar refractivity (Wildman–Crippen MR) is 95.9 cm³/mol. The average molecular weight is 364 g/mol. The number of benzene rings is 1. The van der Waals surface area contributed by atoms with Gasteiger partial charge in [0.2, 0.25) is 0 Å². The topological polar surface area (TPSA) is 23.6 Å². The molecule has 0 bridgehead atoms. The quantitative estimate of drug-likeness (QED) is 0.820. The fraction of sp³-hybridized carbons (Fsp3) is 0.421. The Hall–Kier alpha value is -1.79. The Labute approximate surface area is 150 Å². The lowest BCUT2D eigenvalue weighted by atomic mass is 10.1. The van der Waals surface area contributed by atoms with Crippen LogP contribution in [0.1, 0.15) is 33.5 Å². The standard InChI is InChI=1S/C19H22F2N2OS/c1-2-15-5-6-16(25-15)13-22-8-3-9-23(11-10-22)19(24)17-12-14(20)4-7-18(17)21/h4-7,12H,2-3,8-11,13H2,1H3. The summed E-state index contributed by atoms with van der Waals surface area (Å²) < 4.78 is 27.2. The molecule has 1 fully saturated rings. The Kier molecular flexibility index (Phi) is 5.81. The van der Waals surface area contributed by atoms with E-state index >= 15 is 0 Å². The summed E-state index contributed by atoms with van der Waals surface area (Å²) in [5.74, 6) is -1.69. The summed E-state index contributed by atoms with van der Waals surface area (Å²) in [5, 5.41) is 0. The average Bonchev–Trinajstić information content (AvgIpc) is 2.93. The van der Waals surface area contributed by atoms with E-state index < -0.39 is 17.5 Å². The molecule has 1 aromatic heterocycles. The van der Waals surface area contributed by atoms with Crippen LogP contribution in [0.5, 0.6) is 0 Å². The number of amides is 1. The Balaban J connectivity index is 1.62. The maximum absolute atomic E-state index is 13.9. The molecule has 2 aromatic rings. The van der Waals surface area contributed by atoms with E-state index in [1.165, 1.54) is 9.75 Å². The van der Waals surface area contributed by atoms with E-state index in [9.17, 15) is 13.6 Å². The van der Waals surface area contributed by atoms with Crippen molar-refractivity contribution >= 4 is 17.2 Å². The third-order valence-corrected chi connectivity index (χ3v) is 5.69. The van der Waals surface area contributed by atoms with Crippen LogP contribution in [0, 0.1) is 11.6 Å². The maximum atomic E-state index is 13.9. The van der Waals surface area contributed by atoms with Crippen LogP contribution in [-0.4, -0.2) is 41.9 Å². The molecule has 0 unspecified atom stereocenters. The summed E-state index contributed by atoms with van der Waals surface area (Å²) >= 11 is 1.83. The second kappa shape index (κ2) is 8.06. The number of thiophene rings is 1. The van der Waals surface area contributed by atoms with Crippen LogP contribution < -0.4 is 0 Å². The maximum Gasteiger partial charge on any atom is 0.256 e. The number of carbonyl (C=O) groups is 1. The Bertz CT molecular complexity index is 747. The molecule has 1 aromatic carbocycles. The largest absolute Gasteiger partial charge is 0.337 e. The van der Waals surface area contributed by atoms with Crippen LogP contribution in [0.2, 0.25) is 0 Å². The molecule has 0 aliphatic carbocycles. The normalized spacial score (nSPS) is 16.0. The first-order chi connectivity index (χ1) is 12.1. The van der Waals surface area contributed by atoms with Gasteiger partial charge in [0.15, 0.2) is 0 Å². The van der Waals surface area contributed by atoms with Crippen molar-refractivity contribution in [3.05, 3.63) is 57.3 Å². The van der Waals surface area contributed by atoms with Gasteiger partial charge in [-0.05, 0) is 43.2 Å². The molecule has 0 radical (unpaired) electrons. The highest BCUT2D eigenvalue weighted by atomic mass is 32.1. The number of carbonyl (C=O) groups excluding carboxylic acids is 1. The number of hydrogen-bond acceptors (Lipinski definition) is 3. The van der Waals surface area contributed by atoms with Crippen molar-refractivity contribution in [1.29, 1.82) is 0 Å².